The summed E-state index contributed by atoms with van der Waals surface area (Å²) in [6.45, 7) is 2.00. The lowest BCUT2D eigenvalue weighted by Crippen LogP contribution is -2.53. The molecule has 1 aliphatic heterocycles. The lowest BCUT2D eigenvalue weighted by molar-refractivity contribution is -0.122. The van der Waals surface area contributed by atoms with Gasteiger partial charge in [0.05, 0.1) is 5.75 Å². The smallest absolute Gasteiger partial charge is 0.238 e. The van der Waals surface area contributed by atoms with Crippen molar-refractivity contribution in [2.45, 2.75) is 49.8 Å². The number of rotatable bonds is 2. The van der Waals surface area contributed by atoms with Crippen LogP contribution in [0, 0.1) is 0 Å². The average Bonchev–Trinajstić information content (AvgIpc) is 2.73. The van der Waals surface area contributed by atoms with Crippen LogP contribution in [0.4, 0.5) is 0 Å². The van der Waals surface area contributed by atoms with Crippen LogP contribution in [-0.2, 0) is 27.5 Å². The molecule has 4 nitrogen and oxygen atoms in total. The van der Waals surface area contributed by atoms with Gasteiger partial charge in [-0.2, -0.15) is 0 Å². The van der Waals surface area contributed by atoms with Crippen molar-refractivity contribution in [1.82, 2.24) is 5.32 Å². The van der Waals surface area contributed by atoms with Gasteiger partial charge in [-0.25, -0.2) is 8.42 Å². The van der Waals surface area contributed by atoms with E-state index in [1.54, 1.807) is 0 Å². The minimum Gasteiger partial charge on any atom is -0.349 e. The third kappa shape index (κ3) is 2.84. The summed E-state index contributed by atoms with van der Waals surface area (Å²) in [7, 11) is -3.27. The van der Waals surface area contributed by atoms with Crippen molar-refractivity contribution in [2.24, 2.45) is 0 Å². The second-order valence-corrected chi connectivity index (χ2v) is 8.83. The summed E-state index contributed by atoms with van der Waals surface area (Å²) in [6, 6.07) is 8.14. The molecule has 0 bridgehead atoms. The van der Waals surface area contributed by atoms with E-state index in [9.17, 15) is 13.2 Å². The number of hydrogen-bond donors (Lipinski definition) is 1. The standard InChI is InChI=1S/C16H21NO3S/c1-16(10-12-6-2-3-7-13(12)11-16)17-15(18)14-8-4-5-9-21(14,19)20/h2-3,6-7,14H,4-5,8-11H2,1H3,(H,17,18). The van der Waals surface area contributed by atoms with Crippen molar-refractivity contribution >= 4 is 15.7 Å². The van der Waals surface area contributed by atoms with Crippen LogP contribution in [0.5, 0.6) is 0 Å². The summed E-state index contributed by atoms with van der Waals surface area (Å²) < 4.78 is 24.1. The highest BCUT2D eigenvalue weighted by atomic mass is 32.2. The normalized spacial score (nSPS) is 26.0. The number of fused-ring (bicyclic) bond motifs is 1. The highest BCUT2D eigenvalue weighted by molar-refractivity contribution is 7.92. The Labute approximate surface area is 125 Å². The van der Waals surface area contributed by atoms with Gasteiger partial charge in [0.15, 0.2) is 9.84 Å². The molecular weight excluding hydrogens is 286 g/mol. The molecule has 1 aromatic rings. The molecule has 21 heavy (non-hydrogen) atoms. The van der Waals surface area contributed by atoms with Gasteiger partial charge in [0.1, 0.15) is 5.25 Å². The van der Waals surface area contributed by atoms with Crippen LogP contribution >= 0.6 is 0 Å². The second kappa shape index (κ2) is 5.13. The Morgan fingerprint density at radius 1 is 1.19 bits per heavy atom. The van der Waals surface area contributed by atoms with Crippen LogP contribution in [0.25, 0.3) is 0 Å². The Morgan fingerprint density at radius 3 is 2.38 bits per heavy atom. The van der Waals surface area contributed by atoms with Gasteiger partial charge >= 0.3 is 0 Å². The Bertz CT molecular complexity index is 641. The molecule has 1 amide bonds. The molecule has 3 rings (SSSR count). The highest BCUT2D eigenvalue weighted by Crippen LogP contribution is 2.30. The van der Waals surface area contributed by atoms with Crippen LogP contribution in [0.2, 0.25) is 0 Å². The number of benzene rings is 1. The van der Waals surface area contributed by atoms with Crippen molar-refractivity contribution in [3.63, 3.8) is 0 Å². The van der Waals surface area contributed by atoms with Crippen LogP contribution in [0.15, 0.2) is 24.3 Å². The summed E-state index contributed by atoms with van der Waals surface area (Å²) in [5.41, 5.74) is 2.12. The average molecular weight is 307 g/mol. The van der Waals surface area contributed by atoms with Crippen molar-refractivity contribution in [3.8, 4) is 0 Å². The molecule has 0 aromatic heterocycles. The summed E-state index contributed by atoms with van der Waals surface area (Å²) in [5.74, 6) is -0.174. The van der Waals surface area contributed by atoms with E-state index < -0.39 is 15.1 Å². The Kier molecular flexibility index (Phi) is 3.56. The van der Waals surface area contributed by atoms with Crippen LogP contribution in [0.1, 0.15) is 37.3 Å². The molecule has 0 saturated carbocycles. The van der Waals surface area contributed by atoms with Gasteiger partial charge in [-0.1, -0.05) is 30.7 Å². The maximum Gasteiger partial charge on any atom is 0.238 e. The fourth-order valence-electron chi connectivity index (χ4n) is 3.52. The molecule has 0 radical (unpaired) electrons. The monoisotopic (exact) mass is 307 g/mol. The van der Waals surface area contributed by atoms with Crippen LogP contribution < -0.4 is 5.32 Å². The first-order valence-electron chi connectivity index (χ1n) is 7.50. The minimum absolute atomic E-state index is 0.141. The van der Waals surface area contributed by atoms with E-state index in [-0.39, 0.29) is 17.2 Å². The van der Waals surface area contributed by atoms with Crippen LogP contribution in [-0.4, -0.2) is 30.9 Å². The number of amides is 1. The van der Waals surface area contributed by atoms with E-state index in [2.05, 4.69) is 17.4 Å². The first-order chi connectivity index (χ1) is 9.90. The molecule has 1 N–H and O–H groups in total. The van der Waals surface area contributed by atoms with Gasteiger partial charge in [-0.15, -0.1) is 0 Å². The number of nitrogens with one attached hydrogen (secondary N) is 1. The number of carbonyl (C=O) groups excluding carboxylic acids is 1. The van der Waals surface area contributed by atoms with Crippen molar-refractivity contribution in [1.29, 1.82) is 0 Å². The predicted molar refractivity (Wildman–Crippen MR) is 81.8 cm³/mol. The molecule has 0 spiro atoms. The third-order valence-electron chi connectivity index (χ3n) is 4.58. The third-order valence-corrected chi connectivity index (χ3v) is 6.75. The summed E-state index contributed by atoms with van der Waals surface area (Å²) >= 11 is 0. The molecule has 1 atom stereocenters. The van der Waals surface area contributed by atoms with Crippen molar-refractivity contribution in [2.75, 3.05) is 5.75 Å². The van der Waals surface area contributed by atoms with Gasteiger partial charge in [-0.05, 0) is 43.7 Å². The predicted octanol–water partition coefficient (Wildman–Crippen LogP) is 1.63. The second-order valence-electron chi connectivity index (χ2n) is 6.52. The molecule has 5 heteroatoms. The van der Waals surface area contributed by atoms with Crippen molar-refractivity contribution in [3.05, 3.63) is 35.4 Å². The Morgan fingerprint density at radius 2 is 1.81 bits per heavy atom. The Hall–Kier alpha value is -1.36. The molecule has 1 aromatic carbocycles. The van der Waals surface area contributed by atoms with Gasteiger partial charge in [0, 0.05) is 5.54 Å². The highest BCUT2D eigenvalue weighted by Gasteiger charge is 2.40. The largest absolute Gasteiger partial charge is 0.349 e. The zero-order chi connectivity index (χ0) is 15.1. The zero-order valence-electron chi connectivity index (χ0n) is 12.3. The van der Waals surface area contributed by atoms with E-state index in [1.807, 2.05) is 19.1 Å². The molecule has 1 fully saturated rings. The first kappa shape index (κ1) is 14.6. The molecule has 1 heterocycles. The van der Waals surface area contributed by atoms with E-state index in [1.165, 1.54) is 11.1 Å². The minimum atomic E-state index is -3.27. The SMILES string of the molecule is CC1(NC(=O)C2CCCCS2(=O)=O)Cc2ccccc2C1. The van der Waals surface area contributed by atoms with E-state index >= 15 is 0 Å². The quantitative estimate of drug-likeness (QED) is 0.903. The van der Waals surface area contributed by atoms with Gasteiger partial charge in [0.2, 0.25) is 5.91 Å². The van der Waals surface area contributed by atoms with Gasteiger partial charge in [0.25, 0.3) is 0 Å². The first-order valence-corrected chi connectivity index (χ1v) is 9.22. The number of carbonyl (C=O) groups is 1. The summed E-state index contributed by atoms with van der Waals surface area (Å²) in [6.07, 6.45) is 3.48. The molecular formula is C16H21NO3S. The van der Waals surface area contributed by atoms with E-state index in [0.717, 1.165) is 19.3 Å². The van der Waals surface area contributed by atoms with Crippen LogP contribution in [0.3, 0.4) is 0 Å². The number of sulfone groups is 1. The fourth-order valence-corrected chi connectivity index (χ4v) is 5.32. The fraction of sp³-hybridized carbons (Fsp3) is 0.562. The summed E-state index contributed by atoms with van der Waals surface area (Å²) in [4.78, 5) is 12.4. The molecule has 1 saturated heterocycles. The maximum atomic E-state index is 12.4. The zero-order valence-corrected chi connectivity index (χ0v) is 13.1. The Balaban J connectivity index is 1.74. The molecule has 2 aliphatic rings. The maximum absolute atomic E-state index is 12.4. The molecule has 1 aliphatic carbocycles. The number of hydrogen-bond acceptors (Lipinski definition) is 3. The lowest BCUT2D eigenvalue weighted by Gasteiger charge is -2.29. The summed E-state index contributed by atoms with van der Waals surface area (Å²) in [5, 5.41) is 2.15. The van der Waals surface area contributed by atoms with Gasteiger partial charge < -0.3 is 5.32 Å². The lowest BCUT2D eigenvalue weighted by atomic mass is 9.98. The van der Waals surface area contributed by atoms with Gasteiger partial charge in [-0.3, -0.25) is 4.79 Å². The topological polar surface area (TPSA) is 63.2 Å². The van der Waals surface area contributed by atoms with Crippen molar-refractivity contribution < 1.29 is 13.2 Å². The van der Waals surface area contributed by atoms with E-state index in [4.69, 9.17) is 0 Å². The molecule has 114 valence electrons. The molecule has 1 unspecified atom stereocenters. The van der Waals surface area contributed by atoms with E-state index in [0.29, 0.717) is 12.8 Å².